The summed E-state index contributed by atoms with van der Waals surface area (Å²) in [6.07, 6.45) is 6.26. The molecule has 0 saturated heterocycles. The first-order valence-electron chi connectivity index (χ1n) is 5.05. The van der Waals surface area contributed by atoms with Crippen LogP contribution in [0.1, 0.15) is 0 Å². The highest BCUT2D eigenvalue weighted by atomic mass is 32.1. The fourth-order valence-electron chi connectivity index (χ4n) is 0.667. The summed E-state index contributed by atoms with van der Waals surface area (Å²) in [4.78, 5) is 0. The third-order valence-corrected chi connectivity index (χ3v) is 1.83. The molecule has 0 unspecified atom stereocenters. The van der Waals surface area contributed by atoms with E-state index in [1.807, 2.05) is 0 Å². The third-order valence-electron chi connectivity index (χ3n) is 1.36. The molecule has 4 N–H and O–H groups in total. The van der Waals surface area contributed by atoms with Gasteiger partial charge in [-0.05, 0) is 24.4 Å². The van der Waals surface area contributed by atoms with Crippen LogP contribution < -0.4 is 21.5 Å². The zero-order chi connectivity index (χ0) is 13.6. The molecule has 0 aliphatic heterocycles. The van der Waals surface area contributed by atoms with Gasteiger partial charge in [-0.25, -0.2) is 0 Å². The van der Waals surface area contributed by atoms with Crippen LogP contribution in [0.2, 0.25) is 0 Å². The van der Waals surface area contributed by atoms with Gasteiger partial charge in [0.25, 0.3) is 0 Å². The van der Waals surface area contributed by atoms with Crippen molar-refractivity contribution in [2.24, 2.45) is 10.2 Å². The molecule has 0 aromatic carbocycles. The van der Waals surface area contributed by atoms with E-state index in [0.717, 1.165) is 0 Å². The first kappa shape index (κ1) is 16.2. The molecule has 6 nitrogen and oxygen atoms in total. The molecule has 0 aromatic rings. The highest BCUT2D eigenvalue weighted by Gasteiger charge is 1.88. The van der Waals surface area contributed by atoms with E-state index in [1.165, 1.54) is 12.4 Å². The summed E-state index contributed by atoms with van der Waals surface area (Å²) in [7, 11) is 0. The summed E-state index contributed by atoms with van der Waals surface area (Å²) in [6.45, 7) is 8.27. The maximum Gasteiger partial charge on any atom is 0.187 e. The summed E-state index contributed by atoms with van der Waals surface area (Å²) in [5, 5.41) is 14.1. The van der Waals surface area contributed by atoms with Gasteiger partial charge in [0, 0.05) is 13.1 Å². The van der Waals surface area contributed by atoms with Crippen LogP contribution in [0.25, 0.3) is 0 Å². The molecule has 98 valence electrons. The van der Waals surface area contributed by atoms with Crippen molar-refractivity contribution in [3.63, 3.8) is 0 Å². The van der Waals surface area contributed by atoms with Crippen LogP contribution in [0.5, 0.6) is 0 Å². The molecule has 0 aliphatic carbocycles. The second kappa shape index (κ2) is 11.7. The van der Waals surface area contributed by atoms with Gasteiger partial charge in [0.2, 0.25) is 0 Å². The lowest BCUT2D eigenvalue weighted by atomic mass is 10.6. The Morgan fingerprint density at radius 3 is 1.61 bits per heavy atom. The van der Waals surface area contributed by atoms with Crippen LogP contribution in [-0.2, 0) is 0 Å². The van der Waals surface area contributed by atoms with Crippen molar-refractivity contribution in [2.75, 3.05) is 13.1 Å². The van der Waals surface area contributed by atoms with Crippen molar-refractivity contribution in [3.8, 4) is 0 Å². The minimum Gasteiger partial charge on any atom is -0.358 e. The van der Waals surface area contributed by atoms with E-state index in [1.54, 1.807) is 12.2 Å². The number of nitrogens with one attached hydrogen (secondary N) is 4. The van der Waals surface area contributed by atoms with Crippen LogP contribution in [0.4, 0.5) is 0 Å². The molecule has 0 rings (SSSR count). The molecule has 0 atom stereocenters. The highest BCUT2D eigenvalue weighted by Crippen LogP contribution is 1.68. The lowest BCUT2D eigenvalue weighted by molar-refractivity contribution is 0.938. The average Bonchev–Trinajstić information content (AvgIpc) is 2.37. The number of hydrogen-bond donors (Lipinski definition) is 4. The second-order valence-electron chi connectivity index (χ2n) is 2.78. The minimum atomic E-state index is 0.413. The smallest absolute Gasteiger partial charge is 0.187 e. The Bertz CT molecular complexity index is 316. The van der Waals surface area contributed by atoms with E-state index in [0.29, 0.717) is 23.3 Å². The quantitative estimate of drug-likeness (QED) is 0.233. The lowest BCUT2D eigenvalue weighted by Gasteiger charge is -2.03. The van der Waals surface area contributed by atoms with Gasteiger partial charge in [0.1, 0.15) is 0 Å². The molecular weight excluding hydrogens is 268 g/mol. The Labute approximate surface area is 117 Å². The summed E-state index contributed by atoms with van der Waals surface area (Å²) in [5.41, 5.74) is 5.20. The molecule has 0 bridgehead atoms. The van der Waals surface area contributed by atoms with Crippen LogP contribution in [0.3, 0.4) is 0 Å². The fraction of sp³-hybridized carbons (Fsp3) is 0.200. The molecular formula is C10H16N6S2. The number of hydrazone groups is 2. The van der Waals surface area contributed by atoms with Gasteiger partial charge < -0.3 is 10.6 Å². The fourth-order valence-corrected chi connectivity index (χ4v) is 0.939. The standard InChI is InChI=1S/C10H16N6S2/c1-3-5-11-9(17)15-13-7-8-14-16-10(18)12-6-4-2/h3-4,7-8H,1-2,5-6H2,(H2,11,15,17)(H2,12,16,18)/b13-7+,14-8+. The second-order valence-corrected chi connectivity index (χ2v) is 3.59. The Morgan fingerprint density at radius 1 is 0.889 bits per heavy atom. The van der Waals surface area contributed by atoms with Gasteiger partial charge in [-0.3, -0.25) is 10.9 Å². The molecule has 0 fully saturated rings. The molecule has 0 saturated carbocycles. The van der Waals surface area contributed by atoms with E-state index in [-0.39, 0.29) is 0 Å². The van der Waals surface area contributed by atoms with Crippen LogP contribution in [-0.4, -0.2) is 35.7 Å². The number of nitrogens with zero attached hydrogens (tertiary/aromatic N) is 2. The van der Waals surface area contributed by atoms with Gasteiger partial charge in [0.05, 0.1) is 12.4 Å². The molecule has 0 amide bonds. The number of rotatable bonds is 7. The van der Waals surface area contributed by atoms with E-state index in [9.17, 15) is 0 Å². The van der Waals surface area contributed by atoms with Crippen molar-refractivity contribution in [2.45, 2.75) is 0 Å². The number of hydrogen-bond acceptors (Lipinski definition) is 4. The van der Waals surface area contributed by atoms with Gasteiger partial charge in [0.15, 0.2) is 10.2 Å². The molecule has 8 heteroatoms. The van der Waals surface area contributed by atoms with E-state index < -0.39 is 0 Å². The Balaban J connectivity index is 3.68. The predicted molar refractivity (Wildman–Crippen MR) is 84.9 cm³/mol. The molecule has 18 heavy (non-hydrogen) atoms. The van der Waals surface area contributed by atoms with Crippen LogP contribution in [0, 0.1) is 0 Å². The van der Waals surface area contributed by atoms with Gasteiger partial charge >= 0.3 is 0 Å². The summed E-state index contributed by atoms with van der Waals surface area (Å²) >= 11 is 9.81. The van der Waals surface area contributed by atoms with Gasteiger partial charge in [-0.15, -0.1) is 13.2 Å². The SMILES string of the molecule is C=CCNC(=S)N/N=C/C=N/NC(=S)NCC=C. The number of thiocarbonyl (C=S) groups is 2. The third kappa shape index (κ3) is 10.7. The normalized spacial score (nSPS) is 10.0. The zero-order valence-electron chi connectivity index (χ0n) is 9.85. The van der Waals surface area contributed by atoms with Gasteiger partial charge in [-0.1, -0.05) is 12.2 Å². The maximum atomic E-state index is 4.90. The summed E-state index contributed by atoms with van der Waals surface area (Å²) in [5.74, 6) is 0. The Kier molecular flexibility index (Phi) is 10.5. The minimum absolute atomic E-state index is 0.413. The van der Waals surface area contributed by atoms with Gasteiger partial charge in [-0.2, -0.15) is 10.2 Å². The summed E-state index contributed by atoms with van der Waals surface area (Å²) in [6, 6.07) is 0. The van der Waals surface area contributed by atoms with Crippen molar-refractivity contribution in [3.05, 3.63) is 25.3 Å². The van der Waals surface area contributed by atoms with Crippen molar-refractivity contribution in [1.82, 2.24) is 21.5 Å². The molecule has 0 aliphatic rings. The molecule has 0 spiro atoms. The van der Waals surface area contributed by atoms with E-state index in [2.05, 4.69) is 44.8 Å². The van der Waals surface area contributed by atoms with E-state index >= 15 is 0 Å². The topological polar surface area (TPSA) is 72.8 Å². The van der Waals surface area contributed by atoms with Crippen molar-refractivity contribution >= 4 is 47.1 Å². The zero-order valence-corrected chi connectivity index (χ0v) is 11.5. The first-order valence-corrected chi connectivity index (χ1v) is 5.86. The van der Waals surface area contributed by atoms with Crippen LogP contribution in [0.15, 0.2) is 35.5 Å². The maximum absolute atomic E-state index is 4.90. The summed E-state index contributed by atoms with van der Waals surface area (Å²) < 4.78 is 0. The largest absolute Gasteiger partial charge is 0.358 e. The Morgan fingerprint density at radius 2 is 1.28 bits per heavy atom. The lowest BCUT2D eigenvalue weighted by Crippen LogP contribution is -2.32. The monoisotopic (exact) mass is 284 g/mol. The molecule has 0 aromatic heterocycles. The molecule has 0 radical (unpaired) electrons. The average molecular weight is 284 g/mol. The highest BCUT2D eigenvalue weighted by molar-refractivity contribution is 7.80. The Hall–Kier alpha value is -1.80. The van der Waals surface area contributed by atoms with Crippen LogP contribution >= 0.6 is 24.4 Å². The first-order chi connectivity index (χ1) is 8.70. The molecule has 0 heterocycles. The predicted octanol–water partition coefficient (Wildman–Crippen LogP) is 0.258. The van der Waals surface area contributed by atoms with Crippen molar-refractivity contribution in [1.29, 1.82) is 0 Å². The van der Waals surface area contributed by atoms with Crippen molar-refractivity contribution < 1.29 is 0 Å². The van der Waals surface area contributed by atoms with E-state index in [4.69, 9.17) is 24.4 Å².